The molecule has 0 unspecified atom stereocenters. The van der Waals surface area contributed by atoms with Gasteiger partial charge in [0, 0.05) is 38.0 Å². The molecule has 3 rings (SSSR count). The van der Waals surface area contributed by atoms with Gasteiger partial charge in [-0.25, -0.2) is 0 Å². The van der Waals surface area contributed by atoms with Crippen LogP contribution in [0.25, 0.3) is 0 Å². The third kappa shape index (κ3) is 10.5. The maximum Gasteiger partial charge on any atom is 0.311 e. The number of carbonyl (C=O) groups is 1. The molecule has 0 spiro atoms. The topological polar surface area (TPSA) is 197 Å². The number of aliphatic hydroxyl groups excluding tert-OH is 4. The summed E-state index contributed by atoms with van der Waals surface area (Å²) in [5.41, 5.74) is -4.72. The van der Waals surface area contributed by atoms with Crippen molar-refractivity contribution in [3.63, 3.8) is 0 Å². The van der Waals surface area contributed by atoms with Crippen molar-refractivity contribution in [2.45, 2.75) is 199 Å². The van der Waals surface area contributed by atoms with Crippen LogP contribution < -0.4 is 0 Å². The van der Waals surface area contributed by atoms with Crippen LogP contribution in [0.1, 0.15) is 109 Å². The summed E-state index contributed by atoms with van der Waals surface area (Å²) in [6.07, 6.45) is -10.5. The molecule has 6 N–H and O–H groups in total. The molecule has 3 aliphatic rings. The second kappa shape index (κ2) is 18.7. The highest BCUT2D eigenvalue weighted by molar-refractivity contribution is 5.73. The Balaban J connectivity index is 2.18. The highest BCUT2D eigenvalue weighted by atomic mass is 16.7. The van der Waals surface area contributed by atoms with Crippen molar-refractivity contribution >= 4 is 5.97 Å². The van der Waals surface area contributed by atoms with E-state index in [4.69, 9.17) is 28.4 Å². The van der Waals surface area contributed by atoms with Gasteiger partial charge in [-0.15, -0.1) is 0 Å². The van der Waals surface area contributed by atoms with Crippen molar-refractivity contribution in [3.05, 3.63) is 0 Å². The number of ether oxygens (including phenoxy) is 6. The summed E-state index contributed by atoms with van der Waals surface area (Å²) in [5, 5.41) is 69.9. The highest BCUT2D eigenvalue weighted by Gasteiger charge is 2.53. The summed E-state index contributed by atoms with van der Waals surface area (Å²) in [5.74, 6) is -3.78. The van der Waals surface area contributed by atoms with Crippen LogP contribution in [0.5, 0.6) is 0 Å². The molecule has 3 heterocycles. The number of esters is 1. The first-order valence-corrected chi connectivity index (χ1v) is 20.1. The molecule has 0 radical (unpaired) electrons. The molecule has 0 aromatic carbocycles. The summed E-state index contributed by atoms with van der Waals surface area (Å²) in [6.45, 7) is 21.7. The van der Waals surface area contributed by atoms with E-state index in [-0.39, 0.29) is 31.4 Å². The van der Waals surface area contributed by atoms with Gasteiger partial charge in [-0.3, -0.25) is 4.79 Å². The minimum atomic E-state index is -1.94. The summed E-state index contributed by atoms with van der Waals surface area (Å²) >= 11 is 0. The molecule has 19 atom stereocenters. The predicted molar refractivity (Wildman–Crippen MR) is 201 cm³/mol. The second-order valence-electron chi connectivity index (χ2n) is 18.1. The molecule has 3 aliphatic heterocycles. The number of hydrogen-bond donors (Lipinski definition) is 6. The average Bonchev–Trinajstić information content (AvgIpc) is 3.08. The lowest BCUT2D eigenvalue weighted by molar-refractivity contribution is -0.319. The first kappa shape index (κ1) is 47.4. The molecule has 0 amide bonds. The molecular weight excluding hydrogens is 702 g/mol. The average molecular weight is 778 g/mol. The van der Waals surface area contributed by atoms with Gasteiger partial charge < -0.3 is 64.0 Å². The largest absolute Gasteiger partial charge is 0.459 e. The van der Waals surface area contributed by atoms with E-state index in [2.05, 4.69) is 18.7 Å². The molecule has 0 saturated carbocycles. The van der Waals surface area contributed by atoms with E-state index in [1.165, 1.54) is 14.0 Å². The molecule has 0 bridgehead atoms. The number of methoxy groups -OCH3 is 1. The zero-order valence-corrected chi connectivity index (χ0v) is 35.3. The van der Waals surface area contributed by atoms with Gasteiger partial charge in [-0.1, -0.05) is 41.5 Å². The molecule has 3 fully saturated rings. The van der Waals surface area contributed by atoms with Crippen molar-refractivity contribution in [2.75, 3.05) is 20.7 Å². The normalized spacial score (nSPS) is 49.1. The number of hydrogen-bond acceptors (Lipinski definition) is 14. The van der Waals surface area contributed by atoms with E-state index >= 15 is 0 Å². The van der Waals surface area contributed by atoms with Gasteiger partial charge in [0.2, 0.25) is 0 Å². The monoisotopic (exact) mass is 778 g/mol. The van der Waals surface area contributed by atoms with Gasteiger partial charge in [0.15, 0.2) is 12.6 Å². The van der Waals surface area contributed by atoms with Crippen LogP contribution in [0.2, 0.25) is 0 Å². The van der Waals surface area contributed by atoms with Crippen molar-refractivity contribution < 1.29 is 63.9 Å². The zero-order valence-electron chi connectivity index (χ0n) is 35.3. The Morgan fingerprint density at radius 3 is 2.06 bits per heavy atom. The number of cyclic esters (lactones) is 1. The quantitative estimate of drug-likeness (QED) is 0.187. The minimum absolute atomic E-state index is 0.0366. The Morgan fingerprint density at radius 1 is 0.889 bits per heavy atom. The smallest absolute Gasteiger partial charge is 0.311 e. The third-order valence-electron chi connectivity index (χ3n) is 12.6. The molecule has 0 aromatic heterocycles. The van der Waals surface area contributed by atoms with Gasteiger partial charge in [0.25, 0.3) is 0 Å². The predicted octanol–water partition coefficient (Wildman–Crippen LogP) is 2.60. The Hall–Kier alpha value is -1.01. The van der Waals surface area contributed by atoms with E-state index in [0.29, 0.717) is 12.3 Å². The molecule has 3 saturated heterocycles. The van der Waals surface area contributed by atoms with Gasteiger partial charge in [-0.05, 0) is 79.7 Å². The zero-order chi connectivity index (χ0) is 41.2. The summed E-state index contributed by atoms with van der Waals surface area (Å²) in [4.78, 5) is 16.3. The van der Waals surface area contributed by atoms with Crippen molar-refractivity contribution in [1.82, 2.24) is 4.90 Å². The minimum Gasteiger partial charge on any atom is -0.459 e. The van der Waals surface area contributed by atoms with Gasteiger partial charge >= 0.3 is 5.97 Å². The van der Waals surface area contributed by atoms with E-state index in [0.717, 1.165) is 6.54 Å². The first-order valence-electron chi connectivity index (χ1n) is 20.1. The number of carbonyl (C=O) groups excluding carboxylic acids is 1. The number of nitrogens with zero attached hydrogens (tertiary/aromatic N) is 1. The molecule has 14 heteroatoms. The van der Waals surface area contributed by atoms with Crippen LogP contribution in [0.3, 0.4) is 0 Å². The van der Waals surface area contributed by atoms with Crippen molar-refractivity contribution in [1.29, 1.82) is 0 Å². The van der Waals surface area contributed by atoms with Crippen LogP contribution in [-0.4, -0.2) is 153 Å². The maximum atomic E-state index is 14.2. The molecule has 54 heavy (non-hydrogen) atoms. The number of aliphatic hydroxyl groups is 6. The summed E-state index contributed by atoms with van der Waals surface area (Å²) in [7, 11) is 3.45. The third-order valence-corrected chi connectivity index (χ3v) is 12.6. The van der Waals surface area contributed by atoms with Crippen LogP contribution in [0.15, 0.2) is 0 Å². The Kier molecular flexibility index (Phi) is 16.4. The van der Waals surface area contributed by atoms with E-state index < -0.39 is 108 Å². The highest BCUT2D eigenvalue weighted by Crippen LogP contribution is 2.41. The fourth-order valence-electron chi connectivity index (χ4n) is 9.22. The molecule has 318 valence electrons. The van der Waals surface area contributed by atoms with Gasteiger partial charge in [0.1, 0.15) is 23.9 Å². The lowest BCUT2D eigenvalue weighted by Crippen LogP contribution is -2.61. The molecular formula is C40H75NO13. The Morgan fingerprint density at radius 2 is 1.50 bits per heavy atom. The van der Waals surface area contributed by atoms with Crippen LogP contribution in [-0.2, 0) is 33.2 Å². The lowest BCUT2D eigenvalue weighted by Gasteiger charge is -2.49. The van der Waals surface area contributed by atoms with E-state index in [1.807, 2.05) is 14.0 Å². The van der Waals surface area contributed by atoms with E-state index in [9.17, 15) is 35.4 Å². The van der Waals surface area contributed by atoms with Gasteiger partial charge in [0.05, 0.1) is 53.7 Å². The summed E-state index contributed by atoms with van der Waals surface area (Å²) in [6, 6.07) is -0.307. The Bertz CT molecular complexity index is 1190. The SMILES string of the molecule is CC[C@H]1OC(=O)[C@H](C)[C@@H](O[C@@H]2C[C@@](C)(OC)[C@@H](O)[C@H](C)O2)[C@H](C)[C@@H](O[C@@H]2O[C@H](C)C[C@H](N(C)CC(C)C)[C@H]2O)[C@](C)(O)C[C@@H](C)[C@H](O)[C@H](C)[C@@H](O)[C@]1(C)O. The second-order valence-corrected chi connectivity index (χ2v) is 18.1. The van der Waals surface area contributed by atoms with Crippen molar-refractivity contribution in [3.8, 4) is 0 Å². The Labute approximate surface area is 323 Å². The van der Waals surface area contributed by atoms with Crippen molar-refractivity contribution in [2.24, 2.45) is 29.6 Å². The maximum absolute atomic E-state index is 14.2. The van der Waals surface area contributed by atoms with Gasteiger partial charge in [-0.2, -0.15) is 0 Å². The molecule has 0 aliphatic carbocycles. The van der Waals surface area contributed by atoms with Crippen LogP contribution in [0, 0.1) is 29.6 Å². The fraction of sp³-hybridized carbons (Fsp3) is 0.975. The number of likely N-dealkylation sites (N-methyl/N-ethyl adjacent to an activating group) is 1. The number of rotatable bonds is 9. The van der Waals surface area contributed by atoms with Crippen LogP contribution >= 0.6 is 0 Å². The van der Waals surface area contributed by atoms with E-state index in [1.54, 1.807) is 55.4 Å². The molecule has 14 nitrogen and oxygen atoms in total. The summed E-state index contributed by atoms with van der Waals surface area (Å²) < 4.78 is 37.5. The standard InChI is InChI=1S/C40H75NO13/c1-15-28-40(12,48)33(44)23(6)30(42)21(4)17-38(10,47)35(54-37-31(43)27(16-22(5)50-37)41(13)19-20(2)3)24(7)32(25(8)36(46)52-28)53-29-18-39(11,49-14)34(45)26(9)51-29/h20-35,37,42-45,47-48H,15-19H2,1-14H3/t21-,22-,23+,24+,25-,26+,27+,28-,29-,30+,31-,32+,33-,34+,35-,37+,38-,39-,40-/m1/s1. The lowest BCUT2D eigenvalue weighted by atomic mass is 9.73. The van der Waals surface area contributed by atoms with Crippen LogP contribution in [0.4, 0.5) is 0 Å². The first-order chi connectivity index (χ1) is 24.8. The fourth-order valence-corrected chi connectivity index (χ4v) is 9.22. The molecule has 0 aromatic rings.